The Morgan fingerprint density at radius 1 is 1.11 bits per heavy atom. The molecular weight excluding hydrogens is 492 g/mol. The highest BCUT2D eigenvalue weighted by molar-refractivity contribution is 7.89. The molecule has 1 amide bonds. The number of sulfone groups is 1. The summed E-state index contributed by atoms with van der Waals surface area (Å²) in [6, 6.07) is 7.31. The van der Waals surface area contributed by atoms with Crippen molar-refractivity contribution in [3.05, 3.63) is 72.1 Å². The number of halogens is 4. The van der Waals surface area contributed by atoms with Gasteiger partial charge in [0.05, 0.1) is 22.5 Å². The van der Waals surface area contributed by atoms with Crippen LogP contribution in [-0.4, -0.2) is 35.2 Å². The summed E-state index contributed by atoms with van der Waals surface area (Å²) in [5, 5.41) is 0.298. The van der Waals surface area contributed by atoms with Crippen LogP contribution in [0.25, 0.3) is 22.0 Å². The van der Waals surface area contributed by atoms with Gasteiger partial charge < -0.3 is 10.5 Å². The second kappa shape index (κ2) is 8.65. The van der Waals surface area contributed by atoms with Gasteiger partial charge in [0.2, 0.25) is 5.88 Å². The summed E-state index contributed by atoms with van der Waals surface area (Å²) in [6.07, 6.45) is -1.50. The van der Waals surface area contributed by atoms with E-state index in [1.165, 1.54) is 30.5 Å². The maximum absolute atomic E-state index is 13.8. The van der Waals surface area contributed by atoms with Crippen LogP contribution in [0, 0.1) is 5.82 Å². The molecule has 0 aliphatic rings. The van der Waals surface area contributed by atoms with E-state index >= 15 is 0 Å². The Hall–Kier alpha value is -4.00. The third-order valence-electron chi connectivity index (χ3n) is 4.93. The zero-order chi connectivity index (χ0) is 25.5. The van der Waals surface area contributed by atoms with Gasteiger partial charge in [-0.05, 0) is 35.9 Å². The lowest BCUT2D eigenvalue weighted by atomic mass is 10.0. The van der Waals surface area contributed by atoms with Crippen molar-refractivity contribution in [3.63, 3.8) is 0 Å². The maximum Gasteiger partial charge on any atom is 0.419 e. The van der Waals surface area contributed by atoms with Crippen molar-refractivity contribution in [2.45, 2.75) is 11.9 Å². The minimum absolute atomic E-state index is 0.00153. The first-order valence-corrected chi connectivity index (χ1v) is 11.9. The van der Waals surface area contributed by atoms with E-state index in [9.17, 15) is 30.8 Å². The van der Waals surface area contributed by atoms with E-state index in [0.29, 0.717) is 17.5 Å². The summed E-state index contributed by atoms with van der Waals surface area (Å²) < 4.78 is 83.3. The highest BCUT2D eigenvalue weighted by Crippen LogP contribution is 2.38. The van der Waals surface area contributed by atoms with Crippen LogP contribution in [0.15, 0.2) is 55.0 Å². The molecule has 0 unspecified atom stereocenters. The lowest BCUT2D eigenvalue weighted by Gasteiger charge is -2.10. The van der Waals surface area contributed by atoms with Gasteiger partial charge in [-0.2, -0.15) is 13.2 Å². The highest BCUT2D eigenvalue weighted by atomic mass is 32.2. The largest absolute Gasteiger partial charge is 0.439 e. The lowest BCUT2D eigenvalue weighted by Crippen LogP contribution is -2.18. The molecule has 2 aromatic carbocycles. The van der Waals surface area contributed by atoms with Crippen molar-refractivity contribution in [2.24, 2.45) is 5.73 Å². The van der Waals surface area contributed by atoms with Crippen LogP contribution in [-0.2, 0) is 21.8 Å². The second-order valence-corrected chi connectivity index (χ2v) is 9.78. The first-order chi connectivity index (χ1) is 16.3. The van der Waals surface area contributed by atoms with Crippen molar-refractivity contribution in [1.29, 1.82) is 0 Å². The Labute approximate surface area is 195 Å². The number of fused-ring (bicyclic) bond motifs is 1. The molecule has 2 N–H and O–H groups in total. The Balaban J connectivity index is 1.80. The monoisotopic (exact) mass is 508 g/mol. The van der Waals surface area contributed by atoms with Crippen LogP contribution >= 0.6 is 0 Å². The van der Waals surface area contributed by atoms with Crippen molar-refractivity contribution in [1.82, 2.24) is 14.5 Å². The first kappa shape index (κ1) is 24.1. The fourth-order valence-electron chi connectivity index (χ4n) is 3.50. The van der Waals surface area contributed by atoms with Gasteiger partial charge in [0, 0.05) is 29.5 Å². The Kier molecular flexibility index (Phi) is 5.97. The number of hydrogen-bond acceptors (Lipinski definition) is 6. The number of ether oxygens (including phenoxy) is 1. The zero-order valence-electron chi connectivity index (χ0n) is 17.9. The van der Waals surface area contributed by atoms with E-state index in [1.54, 1.807) is 0 Å². The number of alkyl halides is 3. The summed E-state index contributed by atoms with van der Waals surface area (Å²) in [5.41, 5.74) is 4.60. The maximum atomic E-state index is 13.8. The third kappa shape index (κ3) is 5.24. The van der Waals surface area contributed by atoms with E-state index in [2.05, 4.69) is 9.97 Å². The molecule has 182 valence electrons. The predicted octanol–water partition coefficient (Wildman–Crippen LogP) is 4.52. The van der Waals surface area contributed by atoms with Crippen LogP contribution in [0.1, 0.15) is 11.3 Å². The summed E-state index contributed by atoms with van der Waals surface area (Å²) in [6.45, 7) is 0. The van der Waals surface area contributed by atoms with Crippen LogP contribution < -0.4 is 10.5 Å². The van der Waals surface area contributed by atoms with Gasteiger partial charge in [-0.25, -0.2) is 27.6 Å². The second-order valence-electron chi connectivity index (χ2n) is 7.64. The van der Waals surface area contributed by atoms with Crippen LogP contribution in [0.2, 0.25) is 0 Å². The average Bonchev–Trinajstić information content (AvgIpc) is 3.11. The number of benzene rings is 2. The van der Waals surface area contributed by atoms with E-state index in [1.807, 2.05) is 0 Å². The molecule has 0 aliphatic carbocycles. The number of carbonyl (C=O) groups is 1. The molecule has 13 heteroatoms. The molecule has 0 fully saturated rings. The summed E-state index contributed by atoms with van der Waals surface area (Å²) in [4.78, 5) is 19.7. The van der Waals surface area contributed by atoms with E-state index < -0.39 is 33.4 Å². The summed E-state index contributed by atoms with van der Waals surface area (Å²) >= 11 is 0. The fraction of sp³-hybridized carbons (Fsp3) is 0.136. The number of hydrogen-bond donors (Lipinski definition) is 1. The number of nitrogens with two attached hydrogens (primary N) is 1. The lowest BCUT2D eigenvalue weighted by molar-refractivity contribution is -0.139. The molecule has 0 aliphatic heterocycles. The van der Waals surface area contributed by atoms with Crippen LogP contribution in [0.4, 0.5) is 22.4 Å². The minimum Gasteiger partial charge on any atom is -0.439 e. The molecule has 4 rings (SSSR count). The number of nitrogens with zero attached hydrogens (tertiary/aromatic N) is 3. The van der Waals surface area contributed by atoms with Gasteiger partial charge in [0.1, 0.15) is 17.9 Å². The zero-order valence-corrected chi connectivity index (χ0v) is 18.7. The molecule has 2 aromatic heterocycles. The molecule has 0 spiro atoms. The first-order valence-electron chi connectivity index (χ1n) is 9.80. The number of amides is 1. The van der Waals surface area contributed by atoms with E-state index in [0.717, 1.165) is 23.2 Å². The van der Waals surface area contributed by atoms with E-state index in [-0.39, 0.29) is 39.7 Å². The molecule has 8 nitrogen and oxygen atoms in total. The highest BCUT2D eigenvalue weighted by Gasteiger charge is 2.34. The van der Waals surface area contributed by atoms with Gasteiger partial charge in [-0.1, -0.05) is 6.07 Å². The SMILES string of the molecule is CS(=O)(=O)Cc1cc(Oc2ccc3c(c2)c(-c2ccc(F)c(C(F)(F)F)c2)cn3C(N)=O)ncn1. The van der Waals surface area contributed by atoms with Crippen molar-refractivity contribution < 1.29 is 35.5 Å². The number of primary amides is 1. The van der Waals surface area contributed by atoms with Crippen LogP contribution in [0.5, 0.6) is 11.6 Å². The molecular formula is C22H16F4N4O4S. The molecule has 35 heavy (non-hydrogen) atoms. The standard InChI is InChI=1S/C22H16F4N4O4S/c1-35(32,33)10-13-7-20(29-11-28-13)34-14-3-5-19-15(8-14)16(9-30(19)21(27)31)12-2-4-18(23)17(6-12)22(24,25)26/h2-9,11H,10H2,1H3,(H2,27,31). The average molecular weight is 508 g/mol. The van der Waals surface area contributed by atoms with Crippen molar-refractivity contribution in [3.8, 4) is 22.8 Å². The third-order valence-corrected chi connectivity index (χ3v) is 5.75. The molecule has 0 radical (unpaired) electrons. The molecule has 0 atom stereocenters. The summed E-state index contributed by atoms with van der Waals surface area (Å²) in [5.74, 6) is -1.56. The summed E-state index contributed by atoms with van der Waals surface area (Å²) in [7, 11) is -3.35. The quantitative estimate of drug-likeness (QED) is 0.396. The van der Waals surface area contributed by atoms with Crippen molar-refractivity contribution in [2.75, 3.05) is 6.26 Å². The normalized spacial score (nSPS) is 12.1. The predicted molar refractivity (Wildman–Crippen MR) is 118 cm³/mol. The van der Waals surface area contributed by atoms with Gasteiger partial charge >= 0.3 is 12.2 Å². The smallest absolute Gasteiger partial charge is 0.419 e. The molecule has 4 aromatic rings. The Morgan fingerprint density at radius 2 is 1.86 bits per heavy atom. The Bertz CT molecular complexity index is 1570. The number of aromatic nitrogens is 3. The minimum atomic E-state index is -4.92. The molecule has 0 bridgehead atoms. The van der Waals surface area contributed by atoms with Gasteiger partial charge in [0.25, 0.3) is 0 Å². The number of carbonyl (C=O) groups excluding carboxylic acids is 1. The van der Waals surface area contributed by atoms with Gasteiger partial charge in [-0.3, -0.25) is 4.57 Å². The van der Waals surface area contributed by atoms with Crippen molar-refractivity contribution >= 4 is 26.8 Å². The molecule has 2 heterocycles. The van der Waals surface area contributed by atoms with Gasteiger partial charge in [-0.15, -0.1) is 0 Å². The topological polar surface area (TPSA) is 117 Å². The molecule has 0 saturated heterocycles. The molecule has 0 saturated carbocycles. The number of rotatable bonds is 5. The van der Waals surface area contributed by atoms with Crippen LogP contribution in [0.3, 0.4) is 0 Å². The van der Waals surface area contributed by atoms with E-state index in [4.69, 9.17) is 10.5 Å². The van der Waals surface area contributed by atoms with Gasteiger partial charge in [0.15, 0.2) is 9.84 Å². The fourth-order valence-corrected chi connectivity index (χ4v) is 4.19. The Morgan fingerprint density at radius 3 is 2.51 bits per heavy atom.